The summed E-state index contributed by atoms with van der Waals surface area (Å²) in [6, 6.07) is 21.5. The zero-order valence-corrected chi connectivity index (χ0v) is 68.1. The number of pyridine rings is 3. The van der Waals surface area contributed by atoms with Crippen LogP contribution in [0.4, 0.5) is 74.0 Å². The molecular formula is C80H61F13N24O6S4. The predicted molar refractivity (Wildman–Crippen MR) is 450 cm³/mol. The minimum Gasteiger partial charge on any atom is -0.464 e. The maximum atomic E-state index is 14.3. The van der Waals surface area contributed by atoms with Gasteiger partial charge in [0, 0.05) is 37.0 Å². The topological polar surface area (TPSA) is 378 Å². The number of fused-ring (bicyclic) bond motifs is 6. The van der Waals surface area contributed by atoms with E-state index in [1.54, 1.807) is 39.0 Å². The van der Waals surface area contributed by atoms with E-state index in [0.29, 0.717) is 47.9 Å². The van der Waals surface area contributed by atoms with E-state index in [4.69, 9.17) is 46.7 Å². The van der Waals surface area contributed by atoms with Crippen molar-refractivity contribution in [3.8, 4) is 80.7 Å². The van der Waals surface area contributed by atoms with E-state index in [1.807, 2.05) is 0 Å². The first kappa shape index (κ1) is 88.8. The fraction of sp³-hybridized carbons (Fsp3) is 0.175. The first-order valence-corrected chi connectivity index (χ1v) is 40.3. The average Bonchev–Trinajstić information content (AvgIpc) is 1.63. The molecule has 0 saturated heterocycles. The molecule has 0 aliphatic heterocycles. The number of hydrogen-bond donors (Lipinski definition) is 3. The molecule has 127 heavy (non-hydrogen) atoms. The van der Waals surface area contributed by atoms with Gasteiger partial charge in [-0.2, -0.15) is 19.2 Å². The van der Waals surface area contributed by atoms with Crippen LogP contribution in [-0.2, 0) is 0 Å². The molecule has 1 unspecified atom stereocenters. The van der Waals surface area contributed by atoms with E-state index in [0.717, 1.165) is 65.8 Å². The maximum Gasteiger partial charge on any atom is 0.273 e. The van der Waals surface area contributed by atoms with Crippen molar-refractivity contribution in [2.75, 3.05) is 43.3 Å². The molecule has 6 N–H and O–H groups in total. The molecule has 3 atom stereocenters. The minimum absolute atomic E-state index is 0. The van der Waals surface area contributed by atoms with Gasteiger partial charge in [-0.15, -0.1) is 0 Å². The van der Waals surface area contributed by atoms with Crippen LogP contribution in [0.25, 0.3) is 115 Å². The van der Waals surface area contributed by atoms with Gasteiger partial charge in [-0.25, -0.2) is 127 Å². The molecule has 0 amide bonds. The smallest absolute Gasteiger partial charge is 0.273 e. The minimum atomic E-state index is -2.67. The van der Waals surface area contributed by atoms with Gasteiger partial charge >= 0.3 is 0 Å². The molecule has 0 aliphatic carbocycles. The Balaban J connectivity index is 0.000000151. The molecule has 47 heteroatoms. The summed E-state index contributed by atoms with van der Waals surface area (Å²) in [5.41, 5.74) is 20.5. The number of halogens is 13. The van der Waals surface area contributed by atoms with Gasteiger partial charge in [0.2, 0.25) is 0 Å². The predicted octanol–water partition coefficient (Wildman–Crippen LogP) is 16.1. The van der Waals surface area contributed by atoms with E-state index in [-0.39, 0.29) is 137 Å². The normalized spacial score (nSPS) is 12.2. The van der Waals surface area contributed by atoms with Crippen LogP contribution in [-0.4, -0.2) is 148 Å². The van der Waals surface area contributed by atoms with Crippen molar-refractivity contribution < 1.29 is 70.8 Å². The van der Waals surface area contributed by atoms with Gasteiger partial charge in [-0.3, -0.25) is 27.6 Å². The van der Waals surface area contributed by atoms with Crippen molar-refractivity contribution in [2.45, 2.75) is 65.6 Å². The maximum absolute atomic E-state index is 14.3. The molecule has 0 bridgehead atoms. The number of benzene rings is 3. The second-order valence-corrected chi connectivity index (χ2v) is 30.1. The number of thiazole rings is 3. The Hall–Kier alpha value is -14.5. The van der Waals surface area contributed by atoms with Crippen molar-refractivity contribution in [2.24, 2.45) is 0 Å². The Morgan fingerprint density at radius 2 is 0.661 bits per heavy atom. The van der Waals surface area contributed by atoms with E-state index < -0.39 is 109 Å². The number of hydrogen-bond acceptors (Lipinski definition) is 28. The van der Waals surface area contributed by atoms with Crippen LogP contribution >= 0.6 is 46.2 Å². The second-order valence-electron chi connectivity index (χ2n) is 26.8. The largest absolute Gasteiger partial charge is 0.464 e. The highest BCUT2D eigenvalue weighted by atomic mass is 32.2. The molecule has 18 rings (SSSR count). The summed E-state index contributed by atoms with van der Waals surface area (Å²) < 4.78 is 194. The molecule has 0 spiro atoms. The number of nitrogen functional groups attached to an aromatic ring is 3. The Labute approximate surface area is 720 Å². The Morgan fingerprint density at radius 3 is 0.913 bits per heavy atom. The first-order chi connectivity index (χ1) is 60.5. The van der Waals surface area contributed by atoms with Crippen molar-refractivity contribution >= 4 is 114 Å². The molecule has 15 heterocycles. The quantitative estimate of drug-likeness (QED) is 0.0562. The molecule has 30 nitrogen and oxygen atoms in total. The van der Waals surface area contributed by atoms with Crippen LogP contribution in [0.5, 0.6) is 15.6 Å². The van der Waals surface area contributed by atoms with Gasteiger partial charge in [0.05, 0.1) is 101 Å². The molecule has 0 aliphatic rings. The van der Waals surface area contributed by atoms with E-state index in [9.17, 15) is 71.0 Å². The lowest BCUT2D eigenvalue weighted by Crippen LogP contribution is -2.23. The summed E-state index contributed by atoms with van der Waals surface area (Å²) in [4.78, 5) is 93.7. The number of alkyl halides is 6. The standard InChI is InChI=1S/3C26H18F4N8O2S.CH3FS.CH4/c3*1-12(21-19(13-3-2-4-14(27)7-13)25(39)37-9-15(28)5-6-18(37)35-21)38-24-20(23(31)33-11-34-24)22(36-38)16-8-32-26(41-16)40-10-17(29)30;1-3-2;/h3*2-9,11-12,17H,10H2,1H3,(H2,31,33,34);1H3;1H4/t2*12-;;;/m10.../s1. The zero-order valence-electron chi connectivity index (χ0n) is 64.8. The summed E-state index contributed by atoms with van der Waals surface area (Å²) >= 11 is 3.19. The molecule has 3 aromatic carbocycles. The summed E-state index contributed by atoms with van der Waals surface area (Å²) in [5, 5.41) is 15.2. The van der Waals surface area contributed by atoms with Crippen LogP contribution in [0.2, 0.25) is 0 Å². The summed E-state index contributed by atoms with van der Waals surface area (Å²) in [6.45, 7) is 2.68. The number of rotatable bonds is 21. The van der Waals surface area contributed by atoms with Crippen molar-refractivity contribution in [1.82, 2.24) is 102 Å². The number of nitrogens with two attached hydrogens (primary N) is 3. The Bertz CT molecular complexity index is 6680. The fourth-order valence-electron chi connectivity index (χ4n) is 13.4. The van der Waals surface area contributed by atoms with Crippen LogP contribution in [0.3, 0.4) is 0 Å². The number of ether oxygens (including phenoxy) is 3. The van der Waals surface area contributed by atoms with Crippen molar-refractivity contribution in [3.63, 3.8) is 0 Å². The lowest BCUT2D eigenvalue weighted by Gasteiger charge is -2.18. The van der Waals surface area contributed by atoms with Crippen LogP contribution in [0, 0.1) is 34.9 Å². The second kappa shape index (κ2) is 37.5. The number of anilines is 3. The Kier molecular flexibility index (Phi) is 26.2. The average molecular weight is 1830 g/mol. The van der Waals surface area contributed by atoms with Crippen LogP contribution in [0.1, 0.15) is 63.4 Å². The highest BCUT2D eigenvalue weighted by molar-refractivity contribution is 7.93. The lowest BCUT2D eigenvalue weighted by molar-refractivity contribution is 0.0815. The first-order valence-electron chi connectivity index (χ1n) is 36.7. The van der Waals surface area contributed by atoms with Gasteiger partial charge in [0.25, 0.3) is 51.5 Å². The Morgan fingerprint density at radius 1 is 0.394 bits per heavy atom. The third kappa shape index (κ3) is 18.3. The van der Waals surface area contributed by atoms with Crippen LogP contribution in [0.15, 0.2) is 180 Å². The molecular weight excluding hydrogens is 1770 g/mol. The third-order valence-corrected chi connectivity index (χ3v) is 21.5. The molecule has 0 fully saturated rings. The van der Waals surface area contributed by atoms with Gasteiger partial charge in [-0.05, 0) is 110 Å². The van der Waals surface area contributed by atoms with Crippen LogP contribution < -0.4 is 48.1 Å². The molecule has 652 valence electrons. The van der Waals surface area contributed by atoms with Crippen molar-refractivity contribution in [3.05, 3.63) is 248 Å². The monoisotopic (exact) mass is 1830 g/mol. The molecule has 18 aromatic rings. The van der Waals surface area contributed by atoms with Gasteiger partial charge < -0.3 is 31.4 Å². The van der Waals surface area contributed by atoms with E-state index in [2.05, 4.69) is 59.8 Å². The number of nitrogens with zero attached hydrogens (tertiary/aromatic N) is 21. The summed E-state index contributed by atoms with van der Waals surface area (Å²) in [7, 11) is 0. The van der Waals surface area contributed by atoms with E-state index >= 15 is 0 Å². The number of aromatic nitrogens is 21. The van der Waals surface area contributed by atoms with Gasteiger partial charge in [-0.1, -0.05) is 77.8 Å². The molecule has 15 aromatic heterocycles. The molecule has 0 radical (unpaired) electrons. The van der Waals surface area contributed by atoms with Crippen molar-refractivity contribution in [1.29, 1.82) is 0 Å². The summed E-state index contributed by atoms with van der Waals surface area (Å²) in [6.07, 6.45) is 4.34. The highest BCUT2D eigenvalue weighted by Crippen LogP contribution is 2.43. The molecule has 0 saturated carbocycles. The zero-order chi connectivity index (χ0) is 89.2. The van der Waals surface area contributed by atoms with Gasteiger partial charge in [0.1, 0.15) is 105 Å². The third-order valence-electron chi connectivity index (χ3n) is 18.8. The highest BCUT2D eigenvalue weighted by Gasteiger charge is 2.33. The summed E-state index contributed by atoms with van der Waals surface area (Å²) in [5.74, 6) is -3.39. The SMILES string of the molecule is C.CC(c1nc2ccc(F)cn2c(=O)c1-c1cccc(F)c1)n1nc(-c2cnc(OCC(F)F)s2)c2c(N)ncnc21.CSF.C[C@@H](c1nc2ccc(F)cn2c(=O)c1-c1cccc(F)c1)n1nc(-c2cnc(OCC(F)F)s2)c2c(N)ncnc21.C[C@H](c1nc2ccc(F)cn2c(=O)c1-c1cccc(F)c1)n1nc(-c2cnc(OCC(F)F)s2)c2c(N)ncnc21. The fourth-order valence-corrected chi connectivity index (χ4v) is 15.7. The van der Waals surface area contributed by atoms with Gasteiger partial charge in [0.15, 0.2) is 36.8 Å². The lowest BCUT2D eigenvalue weighted by atomic mass is 10.0. The van der Waals surface area contributed by atoms with E-state index in [1.165, 1.54) is 149 Å².